The minimum absolute atomic E-state index is 0.0751. The van der Waals surface area contributed by atoms with Crippen molar-refractivity contribution in [2.45, 2.75) is 33.2 Å². The standard InChI is InChI=1S/C11H23N3O/c1-5-12-10(15)13-6-8-14(9-7-13)11(2,3)4/h5-9H2,1-4H3,(H,12,15). The Bertz CT molecular complexity index is 214. The molecule has 1 heterocycles. The van der Waals surface area contributed by atoms with E-state index in [1.807, 2.05) is 11.8 Å². The van der Waals surface area contributed by atoms with E-state index in [2.05, 4.69) is 31.0 Å². The fourth-order valence-corrected chi connectivity index (χ4v) is 1.84. The van der Waals surface area contributed by atoms with E-state index in [1.54, 1.807) is 0 Å². The normalized spacial score (nSPS) is 19.1. The Hall–Kier alpha value is -0.770. The van der Waals surface area contributed by atoms with Crippen LogP contribution >= 0.6 is 0 Å². The molecule has 2 amide bonds. The highest BCUT2D eigenvalue weighted by Crippen LogP contribution is 2.15. The number of hydrogen-bond acceptors (Lipinski definition) is 2. The Morgan fingerprint density at radius 2 is 1.73 bits per heavy atom. The predicted octanol–water partition coefficient (Wildman–Crippen LogP) is 1.13. The van der Waals surface area contributed by atoms with E-state index in [0.29, 0.717) is 6.54 Å². The first-order valence-corrected chi connectivity index (χ1v) is 5.73. The largest absolute Gasteiger partial charge is 0.338 e. The fourth-order valence-electron chi connectivity index (χ4n) is 1.84. The molecule has 0 aromatic rings. The van der Waals surface area contributed by atoms with Crippen LogP contribution in [0.2, 0.25) is 0 Å². The van der Waals surface area contributed by atoms with Crippen LogP contribution in [0, 0.1) is 0 Å². The molecule has 0 aromatic carbocycles. The van der Waals surface area contributed by atoms with E-state index in [0.717, 1.165) is 26.2 Å². The van der Waals surface area contributed by atoms with Crippen molar-refractivity contribution in [3.63, 3.8) is 0 Å². The summed E-state index contributed by atoms with van der Waals surface area (Å²) in [7, 11) is 0. The number of urea groups is 1. The van der Waals surface area contributed by atoms with Crippen molar-refractivity contribution < 1.29 is 4.79 Å². The number of hydrogen-bond donors (Lipinski definition) is 1. The van der Waals surface area contributed by atoms with Gasteiger partial charge < -0.3 is 10.2 Å². The molecule has 0 aromatic heterocycles. The molecule has 1 aliphatic heterocycles. The quantitative estimate of drug-likeness (QED) is 0.709. The Morgan fingerprint density at radius 1 is 1.20 bits per heavy atom. The Labute approximate surface area is 92.6 Å². The summed E-state index contributed by atoms with van der Waals surface area (Å²) in [4.78, 5) is 15.9. The zero-order valence-corrected chi connectivity index (χ0v) is 10.3. The molecule has 0 bridgehead atoms. The molecule has 4 heteroatoms. The lowest BCUT2D eigenvalue weighted by Gasteiger charge is -2.42. The monoisotopic (exact) mass is 213 g/mol. The molecule has 0 unspecified atom stereocenters. The number of nitrogens with zero attached hydrogens (tertiary/aromatic N) is 2. The molecule has 88 valence electrons. The van der Waals surface area contributed by atoms with Crippen molar-refractivity contribution in [2.75, 3.05) is 32.7 Å². The lowest BCUT2D eigenvalue weighted by atomic mass is 10.1. The topological polar surface area (TPSA) is 35.6 Å². The number of rotatable bonds is 1. The minimum atomic E-state index is 0.0751. The molecule has 0 radical (unpaired) electrons. The van der Waals surface area contributed by atoms with Gasteiger partial charge in [0.25, 0.3) is 0 Å². The van der Waals surface area contributed by atoms with E-state index < -0.39 is 0 Å². The van der Waals surface area contributed by atoms with Crippen LogP contribution in [-0.2, 0) is 0 Å². The van der Waals surface area contributed by atoms with Crippen molar-refractivity contribution in [3.05, 3.63) is 0 Å². The molecule has 0 saturated carbocycles. The average Bonchev–Trinajstić information content (AvgIpc) is 2.17. The molecular formula is C11H23N3O. The van der Waals surface area contributed by atoms with Crippen LogP contribution in [0.1, 0.15) is 27.7 Å². The van der Waals surface area contributed by atoms with E-state index in [-0.39, 0.29) is 11.6 Å². The van der Waals surface area contributed by atoms with Gasteiger partial charge in [0.1, 0.15) is 0 Å². The van der Waals surface area contributed by atoms with Crippen molar-refractivity contribution in [1.29, 1.82) is 0 Å². The van der Waals surface area contributed by atoms with Crippen LogP contribution in [0.25, 0.3) is 0 Å². The maximum Gasteiger partial charge on any atom is 0.317 e. The molecule has 1 fully saturated rings. The highest BCUT2D eigenvalue weighted by atomic mass is 16.2. The van der Waals surface area contributed by atoms with Crippen molar-refractivity contribution in [2.24, 2.45) is 0 Å². The number of nitrogens with one attached hydrogen (secondary N) is 1. The summed E-state index contributed by atoms with van der Waals surface area (Å²) >= 11 is 0. The first kappa shape index (κ1) is 12.3. The van der Waals surface area contributed by atoms with Gasteiger partial charge in [-0.15, -0.1) is 0 Å². The van der Waals surface area contributed by atoms with E-state index in [4.69, 9.17) is 0 Å². The second-order valence-electron chi connectivity index (χ2n) is 4.98. The molecule has 1 rings (SSSR count). The third-order valence-electron chi connectivity index (χ3n) is 2.84. The fraction of sp³-hybridized carbons (Fsp3) is 0.909. The van der Waals surface area contributed by atoms with Gasteiger partial charge in [-0.1, -0.05) is 0 Å². The lowest BCUT2D eigenvalue weighted by Crippen LogP contribution is -2.56. The molecule has 4 nitrogen and oxygen atoms in total. The summed E-state index contributed by atoms with van der Waals surface area (Å²) in [5.41, 5.74) is 0.216. The van der Waals surface area contributed by atoms with Crippen LogP contribution in [0.3, 0.4) is 0 Å². The van der Waals surface area contributed by atoms with Gasteiger partial charge in [0.2, 0.25) is 0 Å². The first-order chi connectivity index (χ1) is 6.95. The molecule has 1 N–H and O–H groups in total. The van der Waals surface area contributed by atoms with Gasteiger partial charge in [0.15, 0.2) is 0 Å². The maximum absolute atomic E-state index is 11.6. The molecule has 1 aliphatic rings. The highest BCUT2D eigenvalue weighted by Gasteiger charge is 2.27. The number of carbonyl (C=O) groups is 1. The maximum atomic E-state index is 11.6. The summed E-state index contributed by atoms with van der Waals surface area (Å²) in [6.45, 7) is 12.9. The smallest absolute Gasteiger partial charge is 0.317 e. The SMILES string of the molecule is CCNC(=O)N1CCN(C(C)(C)C)CC1. The van der Waals surface area contributed by atoms with Gasteiger partial charge in [0.05, 0.1) is 0 Å². The van der Waals surface area contributed by atoms with Gasteiger partial charge in [0, 0.05) is 38.3 Å². The molecule has 0 spiro atoms. The summed E-state index contributed by atoms with van der Waals surface area (Å²) in [6.07, 6.45) is 0. The van der Waals surface area contributed by atoms with Gasteiger partial charge in [-0.05, 0) is 27.7 Å². The number of piperazine rings is 1. The predicted molar refractivity (Wildman–Crippen MR) is 62.0 cm³/mol. The van der Waals surface area contributed by atoms with Gasteiger partial charge in [-0.25, -0.2) is 4.79 Å². The van der Waals surface area contributed by atoms with Crippen LogP contribution in [-0.4, -0.2) is 54.1 Å². The second kappa shape index (κ2) is 4.84. The Balaban J connectivity index is 2.39. The molecule has 0 aliphatic carbocycles. The van der Waals surface area contributed by atoms with Crippen LogP contribution in [0.15, 0.2) is 0 Å². The van der Waals surface area contributed by atoms with Crippen LogP contribution < -0.4 is 5.32 Å². The van der Waals surface area contributed by atoms with Crippen molar-refractivity contribution in [3.8, 4) is 0 Å². The summed E-state index contributed by atoms with van der Waals surface area (Å²) in [5.74, 6) is 0. The summed E-state index contributed by atoms with van der Waals surface area (Å²) < 4.78 is 0. The minimum Gasteiger partial charge on any atom is -0.338 e. The molecule has 0 atom stereocenters. The van der Waals surface area contributed by atoms with Crippen molar-refractivity contribution >= 4 is 6.03 Å². The average molecular weight is 213 g/mol. The third kappa shape index (κ3) is 3.38. The second-order valence-corrected chi connectivity index (χ2v) is 4.98. The summed E-state index contributed by atoms with van der Waals surface area (Å²) in [5, 5.41) is 2.84. The molecule has 15 heavy (non-hydrogen) atoms. The van der Waals surface area contributed by atoms with E-state index in [1.165, 1.54) is 0 Å². The van der Waals surface area contributed by atoms with E-state index in [9.17, 15) is 4.79 Å². The first-order valence-electron chi connectivity index (χ1n) is 5.73. The highest BCUT2D eigenvalue weighted by molar-refractivity contribution is 5.74. The molecule has 1 saturated heterocycles. The molecular weight excluding hydrogens is 190 g/mol. The Morgan fingerprint density at radius 3 is 2.13 bits per heavy atom. The zero-order valence-electron chi connectivity index (χ0n) is 10.3. The Kier molecular flexibility index (Phi) is 3.97. The van der Waals surface area contributed by atoms with Gasteiger partial charge in [-0.2, -0.15) is 0 Å². The van der Waals surface area contributed by atoms with Crippen LogP contribution in [0.4, 0.5) is 4.79 Å². The zero-order chi connectivity index (χ0) is 11.5. The van der Waals surface area contributed by atoms with Gasteiger partial charge >= 0.3 is 6.03 Å². The summed E-state index contributed by atoms with van der Waals surface area (Å²) in [6, 6.07) is 0.0751. The van der Waals surface area contributed by atoms with Crippen molar-refractivity contribution in [1.82, 2.24) is 15.1 Å². The lowest BCUT2D eigenvalue weighted by molar-refractivity contribution is 0.0745. The number of amides is 2. The van der Waals surface area contributed by atoms with Crippen LogP contribution in [0.5, 0.6) is 0 Å². The third-order valence-corrected chi connectivity index (χ3v) is 2.84. The van der Waals surface area contributed by atoms with E-state index >= 15 is 0 Å². The number of carbonyl (C=O) groups excluding carboxylic acids is 1. The van der Waals surface area contributed by atoms with Gasteiger partial charge in [-0.3, -0.25) is 4.90 Å².